The van der Waals surface area contributed by atoms with Crippen molar-refractivity contribution in [1.82, 2.24) is 10.2 Å². The van der Waals surface area contributed by atoms with Crippen LogP contribution >= 0.6 is 15.9 Å². The van der Waals surface area contributed by atoms with Crippen LogP contribution in [-0.2, 0) is 11.3 Å². The highest BCUT2D eigenvalue weighted by molar-refractivity contribution is 9.10. The van der Waals surface area contributed by atoms with Crippen LogP contribution in [0.15, 0.2) is 46.9 Å². The molecule has 0 atom stereocenters. The van der Waals surface area contributed by atoms with Crippen LogP contribution in [0.2, 0.25) is 0 Å². The maximum Gasteiger partial charge on any atom is 0.254 e. The summed E-state index contributed by atoms with van der Waals surface area (Å²) in [6.07, 6.45) is 0. The Kier molecular flexibility index (Phi) is 7.20. The minimum Gasteiger partial charge on any atom is -0.492 e. The molecular formula is C20H22BrFN2O3. The molecule has 0 spiro atoms. The predicted octanol–water partition coefficient (Wildman–Crippen LogP) is 3.23. The fraction of sp³-hybridized carbons (Fsp3) is 0.350. The topological polar surface area (TPSA) is 50.8 Å². The molecule has 0 saturated carbocycles. The maximum absolute atomic E-state index is 13.8. The zero-order valence-electron chi connectivity index (χ0n) is 14.9. The summed E-state index contributed by atoms with van der Waals surface area (Å²) in [4.78, 5) is 14.5. The van der Waals surface area contributed by atoms with Gasteiger partial charge in [-0.05, 0) is 35.9 Å². The summed E-state index contributed by atoms with van der Waals surface area (Å²) >= 11 is 3.25. The second-order valence-corrected chi connectivity index (χ2v) is 7.17. The molecule has 2 aromatic carbocycles. The molecule has 27 heavy (non-hydrogen) atoms. The average Bonchev–Trinajstić information content (AvgIpc) is 2.69. The van der Waals surface area contributed by atoms with Gasteiger partial charge in [0.15, 0.2) is 0 Å². The highest BCUT2D eigenvalue weighted by Gasteiger charge is 2.12. The summed E-state index contributed by atoms with van der Waals surface area (Å²) in [5.41, 5.74) is 0.907. The van der Waals surface area contributed by atoms with Crippen molar-refractivity contribution in [3.8, 4) is 5.75 Å². The van der Waals surface area contributed by atoms with Crippen LogP contribution in [0.4, 0.5) is 4.39 Å². The van der Waals surface area contributed by atoms with Gasteiger partial charge >= 0.3 is 0 Å². The zero-order chi connectivity index (χ0) is 19.1. The Morgan fingerprint density at radius 3 is 2.85 bits per heavy atom. The number of rotatable bonds is 7. The normalized spacial score (nSPS) is 14.7. The number of ether oxygens (including phenoxy) is 2. The van der Waals surface area contributed by atoms with E-state index in [2.05, 4.69) is 26.1 Å². The first-order valence-electron chi connectivity index (χ1n) is 8.87. The van der Waals surface area contributed by atoms with E-state index in [0.717, 1.165) is 44.2 Å². The molecule has 1 saturated heterocycles. The van der Waals surface area contributed by atoms with Gasteiger partial charge in [0.2, 0.25) is 0 Å². The van der Waals surface area contributed by atoms with Gasteiger partial charge in [0.25, 0.3) is 5.91 Å². The van der Waals surface area contributed by atoms with E-state index in [-0.39, 0.29) is 5.56 Å². The molecular weight excluding hydrogens is 415 g/mol. The van der Waals surface area contributed by atoms with E-state index >= 15 is 0 Å². The third-order valence-corrected chi connectivity index (χ3v) is 4.80. The first-order chi connectivity index (χ1) is 13.1. The number of nitrogens with one attached hydrogen (secondary N) is 1. The Morgan fingerprint density at radius 2 is 2.04 bits per heavy atom. The fourth-order valence-electron chi connectivity index (χ4n) is 2.81. The van der Waals surface area contributed by atoms with Crippen molar-refractivity contribution < 1.29 is 18.7 Å². The highest BCUT2D eigenvalue weighted by atomic mass is 79.9. The molecule has 1 aliphatic heterocycles. The number of nitrogens with zero attached hydrogens (tertiary/aromatic N) is 1. The molecule has 1 fully saturated rings. The molecule has 1 amide bonds. The lowest BCUT2D eigenvalue weighted by Crippen LogP contribution is -2.38. The van der Waals surface area contributed by atoms with E-state index in [9.17, 15) is 9.18 Å². The molecule has 0 aromatic heterocycles. The number of morpholine rings is 1. The lowest BCUT2D eigenvalue weighted by Gasteiger charge is -2.26. The molecule has 0 unspecified atom stereocenters. The van der Waals surface area contributed by atoms with Crippen LogP contribution in [0, 0.1) is 5.82 Å². The molecule has 0 radical (unpaired) electrons. The SMILES string of the molecule is O=C(NCc1cccc(OCCN2CCOCC2)c1)c1cc(Br)ccc1F. The Morgan fingerprint density at radius 1 is 1.22 bits per heavy atom. The first-order valence-corrected chi connectivity index (χ1v) is 9.66. The molecule has 2 aromatic rings. The van der Waals surface area contributed by atoms with E-state index in [0.29, 0.717) is 17.6 Å². The van der Waals surface area contributed by atoms with E-state index in [1.807, 2.05) is 24.3 Å². The van der Waals surface area contributed by atoms with Crippen LogP contribution in [0.1, 0.15) is 15.9 Å². The van der Waals surface area contributed by atoms with Crippen LogP contribution in [0.3, 0.4) is 0 Å². The summed E-state index contributed by atoms with van der Waals surface area (Å²) in [5, 5.41) is 2.74. The van der Waals surface area contributed by atoms with Crippen LogP contribution in [0.5, 0.6) is 5.75 Å². The fourth-order valence-corrected chi connectivity index (χ4v) is 3.17. The van der Waals surface area contributed by atoms with Crippen molar-refractivity contribution in [1.29, 1.82) is 0 Å². The second kappa shape index (κ2) is 9.82. The number of amides is 1. The minimum atomic E-state index is -0.545. The molecule has 0 aliphatic carbocycles. The van der Waals surface area contributed by atoms with Crippen molar-refractivity contribution in [2.45, 2.75) is 6.54 Å². The third kappa shape index (κ3) is 6.02. The second-order valence-electron chi connectivity index (χ2n) is 6.26. The molecule has 1 aliphatic rings. The monoisotopic (exact) mass is 436 g/mol. The number of halogens is 2. The van der Waals surface area contributed by atoms with Crippen molar-refractivity contribution in [2.24, 2.45) is 0 Å². The van der Waals surface area contributed by atoms with Gasteiger partial charge in [0.05, 0.1) is 18.8 Å². The van der Waals surface area contributed by atoms with Gasteiger partial charge in [-0.2, -0.15) is 0 Å². The van der Waals surface area contributed by atoms with Crippen molar-refractivity contribution in [2.75, 3.05) is 39.5 Å². The summed E-state index contributed by atoms with van der Waals surface area (Å²) in [6, 6.07) is 11.8. The van der Waals surface area contributed by atoms with Crippen LogP contribution < -0.4 is 10.1 Å². The van der Waals surface area contributed by atoms with Gasteiger partial charge in [-0.1, -0.05) is 28.1 Å². The molecule has 0 bridgehead atoms. The average molecular weight is 437 g/mol. The lowest BCUT2D eigenvalue weighted by atomic mass is 10.1. The Labute approximate surface area is 166 Å². The molecule has 3 rings (SSSR count). The van der Waals surface area contributed by atoms with E-state index < -0.39 is 11.7 Å². The largest absolute Gasteiger partial charge is 0.492 e. The predicted molar refractivity (Wildman–Crippen MR) is 104 cm³/mol. The Bertz CT molecular complexity index is 782. The Hall–Kier alpha value is -1.96. The van der Waals surface area contributed by atoms with E-state index in [1.165, 1.54) is 12.1 Å². The molecule has 1 N–H and O–H groups in total. The number of hydrogen-bond acceptors (Lipinski definition) is 4. The summed E-state index contributed by atoms with van der Waals surface area (Å²) in [7, 11) is 0. The van der Waals surface area contributed by atoms with Crippen LogP contribution in [-0.4, -0.2) is 50.3 Å². The van der Waals surface area contributed by atoms with Gasteiger partial charge in [0.1, 0.15) is 18.2 Å². The molecule has 1 heterocycles. The first kappa shape index (κ1) is 19.8. The van der Waals surface area contributed by atoms with Gasteiger partial charge in [-0.3, -0.25) is 9.69 Å². The van der Waals surface area contributed by atoms with Crippen molar-refractivity contribution >= 4 is 21.8 Å². The van der Waals surface area contributed by atoms with Crippen LogP contribution in [0.25, 0.3) is 0 Å². The lowest BCUT2D eigenvalue weighted by molar-refractivity contribution is 0.0322. The number of benzene rings is 2. The number of carbonyl (C=O) groups excluding carboxylic acids is 1. The van der Waals surface area contributed by atoms with E-state index in [4.69, 9.17) is 9.47 Å². The minimum absolute atomic E-state index is 0.0160. The standard InChI is InChI=1S/C20H22BrFN2O3/c21-16-4-5-19(22)18(13-16)20(25)23-14-15-2-1-3-17(12-15)27-11-8-24-6-9-26-10-7-24/h1-5,12-13H,6-11,14H2,(H,23,25). The summed E-state index contributed by atoms with van der Waals surface area (Å²) in [6.45, 7) is 5.15. The van der Waals surface area contributed by atoms with Crippen molar-refractivity contribution in [3.05, 3.63) is 63.9 Å². The summed E-state index contributed by atoms with van der Waals surface area (Å²) in [5.74, 6) is -0.244. The highest BCUT2D eigenvalue weighted by Crippen LogP contribution is 2.16. The van der Waals surface area contributed by atoms with E-state index in [1.54, 1.807) is 6.07 Å². The number of hydrogen-bond donors (Lipinski definition) is 1. The van der Waals surface area contributed by atoms with Gasteiger partial charge in [0, 0.05) is 30.7 Å². The zero-order valence-corrected chi connectivity index (χ0v) is 16.5. The smallest absolute Gasteiger partial charge is 0.254 e. The Balaban J connectivity index is 1.49. The molecule has 144 valence electrons. The quantitative estimate of drug-likeness (QED) is 0.723. The maximum atomic E-state index is 13.8. The third-order valence-electron chi connectivity index (χ3n) is 4.30. The van der Waals surface area contributed by atoms with Gasteiger partial charge in [-0.15, -0.1) is 0 Å². The summed E-state index contributed by atoms with van der Waals surface area (Å²) < 4.78 is 25.6. The molecule has 7 heteroatoms. The molecule has 5 nitrogen and oxygen atoms in total. The van der Waals surface area contributed by atoms with Crippen molar-refractivity contribution in [3.63, 3.8) is 0 Å². The number of carbonyl (C=O) groups is 1. The van der Waals surface area contributed by atoms with Gasteiger partial charge < -0.3 is 14.8 Å². The van der Waals surface area contributed by atoms with Gasteiger partial charge in [-0.25, -0.2) is 4.39 Å².